The Balaban J connectivity index is 2.61. The Kier molecular flexibility index (Phi) is 3.96. The number of carbonyl (C=O) groups is 2. The second kappa shape index (κ2) is 5.23. The van der Waals surface area contributed by atoms with Crippen LogP contribution in [0.3, 0.4) is 0 Å². The first-order chi connectivity index (χ1) is 7.13. The molecule has 0 fully saturated rings. The van der Waals surface area contributed by atoms with E-state index in [1.165, 1.54) is 24.3 Å². The normalized spacial score (nSPS) is 9.93. The summed E-state index contributed by atoms with van der Waals surface area (Å²) in [6.45, 7) is -0.274. The minimum Gasteiger partial charge on any atom is -0.508 e. The highest BCUT2D eigenvalue weighted by molar-refractivity contribution is 6.08. The zero-order chi connectivity index (χ0) is 11.3. The van der Waals surface area contributed by atoms with E-state index in [-0.39, 0.29) is 30.3 Å². The summed E-state index contributed by atoms with van der Waals surface area (Å²) in [4.78, 5) is 26.6. The summed E-state index contributed by atoms with van der Waals surface area (Å²) in [6.07, 6.45) is -0.248. The molecule has 0 bridgehead atoms. The molecular weight excluding hydrogens is 198 g/mol. The van der Waals surface area contributed by atoms with E-state index in [2.05, 4.69) is 4.84 Å². The number of phenols is 1. The van der Waals surface area contributed by atoms with Crippen molar-refractivity contribution in [2.24, 2.45) is 5.90 Å². The summed E-state index contributed by atoms with van der Waals surface area (Å²) in [5.74, 6) is 4.07. The standard InChI is InChI=1S/C10H11NO4/c11-15-6-9(13)5-10(14)7-1-3-8(12)4-2-7/h1-4,12H,5-6,11H2. The lowest BCUT2D eigenvalue weighted by molar-refractivity contribution is -0.122. The van der Waals surface area contributed by atoms with Crippen molar-refractivity contribution in [1.29, 1.82) is 0 Å². The molecule has 0 aliphatic rings. The Hall–Kier alpha value is -1.72. The first-order valence-electron chi connectivity index (χ1n) is 4.29. The van der Waals surface area contributed by atoms with Crippen molar-refractivity contribution in [3.8, 4) is 5.75 Å². The molecule has 0 radical (unpaired) electrons. The third-order valence-electron chi connectivity index (χ3n) is 1.79. The van der Waals surface area contributed by atoms with E-state index in [9.17, 15) is 9.59 Å². The molecule has 0 spiro atoms. The SMILES string of the molecule is NOCC(=O)CC(=O)c1ccc(O)cc1. The molecule has 0 amide bonds. The van der Waals surface area contributed by atoms with Gasteiger partial charge < -0.3 is 5.11 Å². The predicted octanol–water partition coefficient (Wildman–Crippen LogP) is 0.424. The zero-order valence-corrected chi connectivity index (χ0v) is 7.97. The van der Waals surface area contributed by atoms with Crippen molar-refractivity contribution < 1.29 is 19.5 Å². The Morgan fingerprint density at radius 2 is 1.87 bits per heavy atom. The molecule has 0 saturated carbocycles. The van der Waals surface area contributed by atoms with Crippen LogP contribution < -0.4 is 5.90 Å². The molecule has 80 valence electrons. The van der Waals surface area contributed by atoms with Crippen molar-refractivity contribution in [1.82, 2.24) is 0 Å². The van der Waals surface area contributed by atoms with Gasteiger partial charge in [-0.1, -0.05) is 0 Å². The third-order valence-corrected chi connectivity index (χ3v) is 1.79. The Morgan fingerprint density at radius 3 is 2.40 bits per heavy atom. The Labute approximate surface area is 86.4 Å². The molecule has 0 atom stereocenters. The molecule has 1 rings (SSSR count). The summed E-state index contributed by atoms with van der Waals surface area (Å²) < 4.78 is 0. The maximum absolute atomic E-state index is 11.4. The maximum Gasteiger partial charge on any atom is 0.170 e. The van der Waals surface area contributed by atoms with Gasteiger partial charge in [0.15, 0.2) is 11.6 Å². The van der Waals surface area contributed by atoms with E-state index in [1.54, 1.807) is 0 Å². The monoisotopic (exact) mass is 209 g/mol. The van der Waals surface area contributed by atoms with E-state index in [1.807, 2.05) is 0 Å². The second-order valence-electron chi connectivity index (χ2n) is 3.00. The van der Waals surface area contributed by atoms with E-state index >= 15 is 0 Å². The minimum atomic E-state index is -0.379. The van der Waals surface area contributed by atoms with Crippen LogP contribution in [0.15, 0.2) is 24.3 Å². The number of carbonyl (C=O) groups excluding carboxylic acids is 2. The van der Waals surface area contributed by atoms with E-state index in [4.69, 9.17) is 11.0 Å². The van der Waals surface area contributed by atoms with Crippen LogP contribution in [0.2, 0.25) is 0 Å². The molecule has 1 aromatic rings. The molecular formula is C10H11NO4. The van der Waals surface area contributed by atoms with Gasteiger partial charge in [0, 0.05) is 5.56 Å². The van der Waals surface area contributed by atoms with Gasteiger partial charge in [0.2, 0.25) is 0 Å². The van der Waals surface area contributed by atoms with Gasteiger partial charge in [0.1, 0.15) is 12.4 Å². The molecule has 0 aliphatic heterocycles. The highest BCUT2D eigenvalue weighted by atomic mass is 16.6. The summed E-state index contributed by atoms with van der Waals surface area (Å²) in [7, 11) is 0. The van der Waals surface area contributed by atoms with Crippen molar-refractivity contribution in [2.45, 2.75) is 6.42 Å². The van der Waals surface area contributed by atoms with Crippen LogP contribution in [-0.4, -0.2) is 23.3 Å². The minimum absolute atomic E-state index is 0.0724. The first kappa shape index (κ1) is 11.4. The molecule has 5 nitrogen and oxygen atoms in total. The van der Waals surface area contributed by atoms with Crippen LogP contribution in [0.4, 0.5) is 0 Å². The number of rotatable bonds is 5. The number of hydrogen-bond donors (Lipinski definition) is 2. The molecule has 5 heteroatoms. The number of nitrogens with two attached hydrogens (primary N) is 1. The van der Waals surface area contributed by atoms with Crippen molar-refractivity contribution in [3.63, 3.8) is 0 Å². The van der Waals surface area contributed by atoms with Crippen LogP contribution in [-0.2, 0) is 9.63 Å². The topological polar surface area (TPSA) is 89.6 Å². The van der Waals surface area contributed by atoms with Crippen molar-refractivity contribution in [3.05, 3.63) is 29.8 Å². The van der Waals surface area contributed by atoms with Gasteiger partial charge in [-0.25, -0.2) is 5.90 Å². The van der Waals surface area contributed by atoms with Gasteiger partial charge in [-0.15, -0.1) is 0 Å². The van der Waals surface area contributed by atoms with Gasteiger partial charge in [-0.3, -0.25) is 14.4 Å². The summed E-state index contributed by atoms with van der Waals surface area (Å²) in [6, 6.07) is 5.68. The van der Waals surface area contributed by atoms with Crippen molar-refractivity contribution in [2.75, 3.05) is 6.61 Å². The lowest BCUT2D eigenvalue weighted by Gasteiger charge is -2.00. The maximum atomic E-state index is 11.4. The largest absolute Gasteiger partial charge is 0.508 e. The lowest BCUT2D eigenvalue weighted by atomic mass is 10.1. The molecule has 0 aromatic heterocycles. The first-order valence-corrected chi connectivity index (χ1v) is 4.29. The average molecular weight is 209 g/mol. The van der Waals surface area contributed by atoms with Crippen molar-refractivity contribution >= 4 is 11.6 Å². The molecule has 0 aliphatic carbocycles. The number of ketones is 2. The Morgan fingerprint density at radius 1 is 1.27 bits per heavy atom. The smallest absolute Gasteiger partial charge is 0.170 e. The molecule has 3 N–H and O–H groups in total. The van der Waals surface area contributed by atoms with Gasteiger partial charge in [-0.2, -0.15) is 0 Å². The molecule has 1 aromatic carbocycles. The summed E-state index contributed by atoms with van der Waals surface area (Å²) in [5.41, 5.74) is 0.373. The van der Waals surface area contributed by atoms with Crippen LogP contribution in [0.1, 0.15) is 16.8 Å². The number of phenolic OH excluding ortho intramolecular Hbond substituents is 1. The molecule has 15 heavy (non-hydrogen) atoms. The van der Waals surface area contributed by atoms with E-state index in [0.717, 1.165) is 0 Å². The highest BCUT2D eigenvalue weighted by Crippen LogP contribution is 2.11. The van der Waals surface area contributed by atoms with Gasteiger partial charge >= 0.3 is 0 Å². The second-order valence-corrected chi connectivity index (χ2v) is 3.00. The number of hydrogen-bond acceptors (Lipinski definition) is 5. The predicted molar refractivity (Wildman–Crippen MR) is 52.2 cm³/mol. The fourth-order valence-corrected chi connectivity index (χ4v) is 1.07. The van der Waals surface area contributed by atoms with E-state index < -0.39 is 0 Å². The summed E-state index contributed by atoms with van der Waals surface area (Å²) in [5, 5.41) is 8.99. The fraction of sp³-hybridized carbons (Fsp3) is 0.200. The third kappa shape index (κ3) is 3.49. The molecule has 0 saturated heterocycles. The molecule has 0 heterocycles. The quantitative estimate of drug-likeness (QED) is 0.417. The number of aromatic hydroxyl groups is 1. The number of Topliss-reactive ketones (excluding diaryl/α,β-unsaturated/α-hetero) is 2. The van der Waals surface area contributed by atoms with Crippen LogP contribution in [0.25, 0.3) is 0 Å². The zero-order valence-electron chi connectivity index (χ0n) is 7.97. The molecule has 0 unspecified atom stereocenters. The van der Waals surface area contributed by atoms with Gasteiger partial charge in [0.25, 0.3) is 0 Å². The van der Waals surface area contributed by atoms with Gasteiger partial charge in [0.05, 0.1) is 6.42 Å². The average Bonchev–Trinajstić information content (AvgIpc) is 2.18. The highest BCUT2D eigenvalue weighted by Gasteiger charge is 2.11. The van der Waals surface area contributed by atoms with Crippen LogP contribution in [0.5, 0.6) is 5.75 Å². The van der Waals surface area contributed by atoms with Gasteiger partial charge in [-0.05, 0) is 24.3 Å². The summed E-state index contributed by atoms with van der Waals surface area (Å²) >= 11 is 0. The van der Waals surface area contributed by atoms with Crippen LogP contribution in [0, 0.1) is 0 Å². The fourth-order valence-electron chi connectivity index (χ4n) is 1.07. The lowest BCUT2D eigenvalue weighted by Crippen LogP contribution is -2.16. The van der Waals surface area contributed by atoms with E-state index in [0.29, 0.717) is 5.56 Å². The number of benzene rings is 1. The van der Waals surface area contributed by atoms with Crippen LogP contribution >= 0.6 is 0 Å². The Bertz CT molecular complexity index is 358.